The maximum atomic E-state index is 9.50. The lowest BCUT2D eigenvalue weighted by molar-refractivity contribution is 0.267. The number of nitrogens with two attached hydrogens (primary N) is 1. The molecule has 0 fully saturated rings. The van der Waals surface area contributed by atoms with Gasteiger partial charge in [-0.2, -0.15) is 0 Å². The van der Waals surface area contributed by atoms with Gasteiger partial charge >= 0.3 is 0 Å². The molecule has 3 N–H and O–H groups in total. The molecule has 3 aromatic rings. The zero-order chi connectivity index (χ0) is 14.8. The minimum atomic E-state index is -0.127. The highest BCUT2D eigenvalue weighted by Gasteiger charge is 2.11. The molecule has 0 spiro atoms. The highest BCUT2D eigenvalue weighted by atomic mass is 16.5. The Labute approximate surface area is 121 Å². The third-order valence-corrected chi connectivity index (χ3v) is 3.34. The first kappa shape index (κ1) is 13.4. The number of ether oxygens (including phenoxy) is 1. The van der Waals surface area contributed by atoms with Gasteiger partial charge in [0.15, 0.2) is 0 Å². The minimum absolute atomic E-state index is 0.127. The maximum absolute atomic E-state index is 9.50. The lowest BCUT2D eigenvalue weighted by Crippen LogP contribution is -2.05. The van der Waals surface area contributed by atoms with E-state index in [1.807, 2.05) is 28.8 Å². The first-order valence-electron chi connectivity index (χ1n) is 6.55. The second-order valence-electron chi connectivity index (χ2n) is 4.73. The third-order valence-electron chi connectivity index (χ3n) is 3.34. The van der Waals surface area contributed by atoms with E-state index in [1.54, 1.807) is 19.4 Å². The number of aliphatic hydroxyl groups is 1. The van der Waals surface area contributed by atoms with Crippen LogP contribution >= 0.6 is 0 Å². The van der Waals surface area contributed by atoms with Crippen LogP contribution in [0.2, 0.25) is 0 Å². The first-order chi connectivity index (χ1) is 10.2. The van der Waals surface area contributed by atoms with E-state index in [2.05, 4.69) is 9.97 Å². The van der Waals surface area contributed by atoms with Gasteiger partial charge in [-0.05, 0) is 23.8 Å². The maximum Gasteiger partial charge on any atom is 0.212 e. The molecule has 0 saturated heterocycles. The van der Waals surface area contributed by atoms with Gasteiger partial charge in [0.05, 0.1) is 24.7 Å². The summed E-state index contributed by atoms with van der Waals surface area (Å²) >= 11 is 0. The molecule has 2 aromatic heterocycles. The molecule has 0 radical (unpaired) electrons. The number of hydrogen-bond acceptors (Lipinski definition) is 5. The van der Waals surface area contributed by atoms with Crippen molar-refractivity contribution < 1.29 is 9.84 Å². The van der Waals surface area contributed by atoms with Crippen molar-refractivity contribution in [3.8, 4) is 5.88 Å². The summed E-state index contributed by atoms with van der Waals surface area (Å²) < 4.78 is 7.01. The molecule has 0 amide bonds. The van der Waals surface area contributed by atoms with Gasteiger partial charge in [-0.15, -0.1) is 0 Å². The molecule has 0 bridgehead atoms. The summed E-state index contributed by atoms with van der Waals surface area (Å²) in [5, 5.41) is 9.50. The van der Waals surface area contributed by atoms with Crippen LogP contribution in [0.25, 0.3) is 11.0 Å². The van der Waals surface area contributed by atoms with E-state index in [-0.39, 0.29) is 6.61 Å². The Kier molecular flexibility index (Phi) is 3.45. The number of aliphatic hydroxyl groups excluding tert-OH is 1. The molecule has 21 heavy (non-hydrogen) atoms. The van der Waals surface area contributed by atoms with Crippen molar-refractivity contribution in [2.24, 2.45) is 0 Å². The smallest absolute Gasteiger partial charge is 0.212 e. The highest BCUT2D eigenvalue weighted by molar-refractivity contribution is 5.79. The van der Waals surface area contributed by atoms with E-state index in [0.717, 1.165) is 16.6 Å². The summed E-state index contributed by atoms with van der Waals surface area (Å²) in [5.41, 5.74) is 9.14. The number of anilines is 1. The average molecular weight is 284 g/mol. The van der Waals surface area contributed by atoms with Crippen LogP contribution in [0.4, 0.5) is 5.69 Å². The molecular formula is C15H16N4O2. The zero-order valence-corrected chi connectivity index (χ0v) is 11.7. The summed E-state index contributed by atoms with van der Waals surface area (Å²) in [6, 6.07) is 9.29. The van der Waals surface area contributed by atoms with E-state index >= 15 is 0 Å². The van der Waals surface area contributed by atoms with Gasteiger partial charge < -0.3 is 20.1 Å². The van der Waals surface area contributed by atoms with Crippen LogP contribution in [0.15, 0.2) is 36.5 Å². The second kappa shape index (κ2) is 5.41. The number of methoxy groups -OCH3 is 1. The van der Waals surface area contributed by atoms with E-state index in [1.165, 1.54) is 0 Å². The van der Waals surface area contributed by atoms with E-state index < -0.39 is 0 Å². The number of benzene rings is 1. The summed E-state index contributed by atoms with van der Waals surface area (Å²) in [6.45, 7) is 0.450. The van der Waals surface area contributed by atoms with Gasteiger partial charge in [0.2, 0.25) is 5.88 Å². The highest BCUT2D eigenvalue weighted by Crippen LogP contribution is 2.21. The van der Waals surface area contributed by atoms with Crippen LogP contribution in [0.5, 0.6) is 5.88 Å². The molecule has 0 aliphatic heterocycles. The number of pyridine rings is 1. The normalized spacial score (nSPS) is 11.0. The largest absolute Gasteiger partial charge is 0.481 e. The molecular weight excluding hydrogens is 268 g/mol. The zero-order valence-electron chi connectivity index (χ0n) is 11.7. The lowest BCUT2D eigenvalue weighted by Gasteiger charge is -2.08. The van der Waals surface area contributed by atoms with Crippen LogP contribution in [-0.4, -0.2) is 26.8 Å². The monoisotopic (exact) mass is 284 g/mol. The van der Waals surface area contributed by atoms with Gasteiger partial charge in [-0.25, -0.2) is 9.97 Å². The quantitative estimate of drug-likeness (QED) is 0.710. The van der Waals surface area contributed by atoms with Crippen LogP contribution in [0.3, 0.4) is 0 Å². The van der Waals surface area contributed by atoms with Gasteiger partial charge in [0.25, 0.3) is 0 Å². The molecule has 0 aliphatic rings. The van der Waals surface area contributed by atoms with Crippen molar-refractivity contribution in [1.82, 2.24) is 14.5 Å². The summed E-state index contributed by atoms with van der Waals surface area (Å²) in [7, 11) is 1.58. The summed E-state index contributed by atoms with van der Waals surface area (Å²) in [5.74, 6) is 1.18. The van der Waals surface area contributed by atoms with Crippen molar-refractivity contribution in [3.63, 3.8) is 0 Å². The van der Waals surface area contributed by atoms with E-state index in [9.17, 15) is 5.11 Å². The van der Waals surface area contributed by atoms with Crippen LogP contribution in [0, 0.1) is 0 Å². The molecule has 6 nitrogen and oxygen atoms in total. The molecule has 0 aliphatic carbocycles. The van der Waals surface area contributed by atoms with Crippen molar-refractivity contribution in [2.45, 2.75) is 13.2 Å². The predicted molar refractivity (Wildman–Crippen MR) is 80.0 cm³/mol. The fourth-order valence-corrected chi connectivity index (χ4v) is 2.30. The molecule has 108 valence electrons. The second-order valence-corrected chi connectivity index (χ2v) is 4.73. The van der Waals surface area contributed by atoms with Crippen LogP contribution in [-0.2, 0) is 13.2 Å². The predicted octanol–water partition coefficient (Wildman–Crippen LogP) is 1.56. The number of aromatic nitrogens is 3. The van der Waals surface area contributed by atoms with Gasteiger partial charge in [0, 0.05) is 18.0 Å². The number of rotatable bonds is 4. The van der Waals surface area contributed by atoms with Crippen molar-refractivity contribution in [3.05, 3.63) is 47.9 Å². The Morgan fingerprint density at radius 1 is 1.29 bits per heavy atom. The van der Waals surface area contributed by atoms with Gasteiger partial charge in [-0.1, -0.05) is 6.07 Å². The van der Waals surface area contributed by atoms with Crippen molar-refractivity contribution in [1.29, 1.82) is 0 Å². The standard InChI is InChI=1S/C15H16N4O2/c1-21-15-5-2-10(7-17-15)8-19-13-4-3-11(16)6-12(13)18-14(19)9-20/h2-7,20H,8-9,16H2,1H3. The van der Waals surface area contributed by atoms with Crippen molar-refractivity contribution >= 4 is 16.7 Å². The minimum Gasteiger partial charge on any atom is -0.481 e. The lowest BCUT2D eigenvalue weighted by atomic mass is 10.2. The van der Waals surface area contributed by atoms with E-state index in [4.69, 9.17) is 10.5 Å². The van der Waals surface area contributed by atoms with E-state index in [0.29, 0.717) is 23.9 Å². The van der Waals surface area contributed by atoms with Crippen molar-refractivity contribution in [2.75, 3.05) is 12.8 Å². The fourth-order valence-electron chi connectivity index (χ4n) is 2.30. The molecule has 0 unspecified atom stereocenters. The average Bonchev–Trinajstić information content (AvgIpc) is 2.85. The third kappa shape index (κ3) is 2.53. The number of hydrogen-bond donors (Lipinski definition) is 2. The van der Waals surface area contributed by atoms with Gasteiger partial charge in [-0.3, -0.25) is 0 Å². The van der Waals surface area contributed by atoms with Crippen LogP contribution in [0.1, 0.15) is 11.4 Å². The Morgan fingerprint density at radius 2 is 2.14 bits per heavy atom. The molecule has 3 rings (SSSR count). The molecule has 0 saturated carbocycles. The fraction of sp³-hybridized carbons (Fsp3) is 0.200. The molecule has 0 atom stereocenters. The topological polar surface area (TPSA) is 86.2 Å². The Bertz CT molecular complexity index is 765. The number of fused-ring (bicyclic) bond motifs is 1. The SMILES string of the molecule is COc1ccc(Cn2c(CO)nc3cc(N)ccc32)cn1. The van der Waals surface area contributed by atoms with Crippen LogP contribution < -0.4 is 10.5 Å². The number of nitrogens with zero attached hydrogens (tertiary/aromatic N) is 3. The Morgan fingerprint density at radius 3 is 2.81 bits per heavy atom. The molecule has 6 heteroatoms. The summed E-state index contributed by atoms with van der Waals surface area (Å²) in [6.07, 6.45) is 1.75. The van der Waals surface area contributed by atoms with Gasteiger partial charge in [0.1, 0.15) is 12.4 Å². The summed E-state index contributed by atoms with van der Waals surface area (Å²) in [4.78, 5) is 8.60. The Balaban J connectivity index is 2.01. The first-order valence-corrected chi connectivity index (χ1v) is 6.55. The Hall–Kier alpha value is -2.60. The number of nitrogen functional groups attached to an aromatic ring is 1. The molecule has 2 heterocycles. The number of imidazole rings is 1. The molecule has 1 aromatic carbocycles.